The second kappa shape index (κ2) is 6.12. The van der Waals surface area contributed by atoms with E-state index in [4.69, 9.17) is 4.74 Å². The number of piperazine rings is 1. The molecule has 8 nitrogen and oxygen atoms in total. The highest BCUT2D eigenvalue weighted by Gasteiger charge is 2.33. The number of nitrogens with zero attached hydrogens (tertiary/aromatic N) is 3. The Hall–Kier alpha value is -2.81. The van der Waals surface area contributed by atoms with Crippen LogP contribution >= 0.6 is 0 Å². The van der Waals surface area contributed by atoms with Crippen molar-refractivity contribution in [2.75, 3.05) is 44.7 Å². The summed E-state index contributed by atoms with van der Waals surface area (Å²) >= 11 is 0. The highest BCUT2D eigenvalue weighted by Crippen LogP contribution is 2.46. The van der Waals surface area contributed by atoms with Crippen LogP contribution in [0.1, 0.15) is 23.3 Å². The quantitative estimate of drug-likeness (QED) is 0.813. The summed E-state index contributed by atoms with van der Waals surface area (Å²) in [5, 5.41) is 19.5. The van der Waals surface area contributed by atoms with Crippen molar-refractivity contribution < 1.29 is 24.1 Å². The summed E-state index contributed by atoms with van der Waals surface area (Å²) in [7, 11) is 1.97. The van der Waals surface area contributed by atoms with Crippen LogP contribution < -0.4 is 15.1 Å². The number of halogens is 1. The molecular weight excluding hydrogens is 357 g/mol. The number of benzene rings is 1. The lowest BCUT2D eigenvalue weighted by atomic mass is 10.0. The first kappa shape index (κ1) is 17.6. The van der Waals surface area contributed by atoms with Gasteiger partial charge in [-0.1, -0.05) is 0 Å². The number of aromatic carboxylic acids is 1. The fourth-order valence-electron chi connectivity index (χ4n) is 3.75. The number of carboxylic acid groups (broad SMARTS) is 1. The Morgan fingerprint density at radius 1 is 1.30 bits per heavy atom. The number of phenolic OH excluding ortho intramolecular Hbond substituents is 1. The Bertz CT molecular complexity index is 1010. The Labute approximate surface area is 154 Å². The molecule has 0 bridgehead atoms. The summed E-state index contributed by atoms with van der Waals surface area (Å²) in [5.74, 6) is -3.03. The first-order chi connectivity index (χ1) is 12.8. The van der Waals surface area contributed by atoms with E-state index in [-0.39, 0.29) is 35.0 Å². The molecule has 27 heavy (non-hydrogen) atoms. The van der Waals surface area contributed by atoms with Crippen molar-refractivity contribution in [3.63, 3.8) is 0 Å². The molecule has 2 N–H and O–H groups in total. The molecule has 0 saturated carbocycles. The van der Waals surface area contributed by atoms with Crippen LogP contribution in [0.25, 0.3) is 10.9 Å². The number of aromatic nitrogens is 1. The van der Waals surface area contributed by atoms with Crippen LogP contribution in [-0.4, -0.2) is 65.5 Å². The summed E-state index contributed by atoms with van der Waals surface area (Å²) in [5.41, 5.74) is -1.08. The number of anilines is 1. The largest absolute Gasteiger partial charge is 0.504 e. The molecule has 9 heteroatoms. The lowest BCUT2D eigenvalue weighted by molar-refractivity contribution is 0.0694. The van der Waals surface area contributed by atoms with Gasteiger partial charge in [0, 0.05) is 32.4 Å². The monoisotopic (exact) mass is 377 g/mol. The number of aromatic hydroxyl groups is 1. The molecule has 0 radical (unpaired) electrons. The minimum Gasteiger partial charge on any atom is -0.504 e. The third-order valence-corrected chi connectivity index (χ3v) is 5.31. The van der Waals surface area contributed by atoms with Gasteiger partial charge in [-0.2, -0.15) is 0 Å². The van der Waals surface area contributed by atoms with Gasteiger partial charge in [0.2, 0.25) is 5.43 Å². The number of rotatable bonds is 2. The van der Waals surface area contributed by atoms with Gasteiger partial charge in [0.15, 0.2) is 17.3 Å². The number of carbonyl (C=O) groups is 1. The Morgan fingerprint density at radius 3 is 2.59 bits per heavy atom. The minimum absolute atomic E-state index is 0.122. The lowest BCUT2D eigenvalue weighted by Gasteiger charge is -2.37. The molecule has 1 aromatic carbocycles. The number of hydrogen-bond donors (Lipinski definition) is 2. The van der Waals surface area contributed by atoms with Gasteiger partial charge in [0.1, 0.15) is 23.4 Å². The number of phenols is 1. The molecular formula is C18H20FN3O5. The van der Waals surface area contributed by atoms with Gasteiger partial charge in [-0.25, -0.2) is 9.18 Å². The van der Waals surface area contributed by atoms with Crippen LogP contribution in [-0.2, 0) is 0 Å². The fraction of sp³-hybridized carbons (Fsp3) is 0.444. The summed E-state index contributed by atoms with van der Waals surface area (Å²) in [6.45, 7) is 4.53. The molecule has 1 saturated heterocycles. The zero-order chi connectivity index (χ0) is 19.5. The number of carboxylic acids is 1. The maximum absolute atomic E-state index is 15.1. The molecule has 0 spiro atoms. The summed E-state index contributed by atoms with van der Waals surface area (Å²) in [6.07, 6.45) is 1.24. The van der Waals surface area contributed by atoms with Crippen LogP contribution in [0.15, 0.2) is 11.0 Å². The summed E-state index contributed by atoms with van der Waals surface area (Å²) in [4.78, 5) is 28.0. The highest BCUT2D eigenvalue weighted by atomic mass is 19.1. The molecule has 144 valence electrons. The fourth-order valence-corrected chi connectivity index (χ4v) is 3.75. The van der Waals surface area contributed by atoms with E-state index in [1.807, 2.05) is 7.05 Å². The molecule has 0 amide bonds. The molecule has 0 aliphatic carbocycles. The van der Waals surface area contributed by atoms with Gasteiger partial charge in [0.25, 0.3) is 0 Å². The van der Waals surface area contributed by atoms with E-state index in [1.54, 1.807) is 16.4 Å². The second-order valence-electron chi connectivity index (χ2n) is 7.10. The van der Waals surface area contributed by atoms with E-state index in [0.717, 1.165) is 13.1 Å². The van der Waals surface area contributed by atoms with Gasteiger partial charge >= 0.3 is 5.97 Å². The molecule has 2 aromatic rings. The number of likely N-dealkylation sites (N-methyl/N-ethyl adjacent to an activating group) is 1. The van der Waals surface area contributed by atoms with Crippen LogP contribution in [0.2, 0.25) is 0 Å². The number of hydrogen-bond acceptors (Lipinski definition) is 6. The summed E-state index contributed by atoms with van der Waals surface area (Å²) < 4.78 is 22.5. The van der Waals surface area contributed by atoms with Gasteiger partial charge < -0.3 is 29.3 Å². The predicted octanol–water partition coefficient (Wildman–Crippen LogP) is 1.25. The van der Waals surface area contributed by atoms with Crippen molar-refractivity contribution >= 4 is 22.6 Å². The Balaban J connectivity index is 2.07. The normalized spacial score (nSPS) is 20.0. The van der Waals surface area contributed by atoms with Crippen molar-refractivity contribution in [1.82, 2.24) is 9.47 Å². The van der Waals surface area contributed by atoms with Crippen molar-refractivity contribution in [3.05, 3.63) is 27.8 Å². The average molecular weight is 377 g/mol. The third kappa shape index (κ3) is 2.53. The Kier molecular flexibility index (Phi) is 3.99. The summed E-state index contributed by atoms with van der Waals surface area (Å²) in [6, 6.07) is -0.274. The van der Waals surface area contributed by atoms with E-state index in [2.05, 4.69) is 4.90 Å². The maximum atomic E-state index is 15.1. The topological polar surface area (TPSA) is 95.2 Å². The first-order valence-electron chi connectivity index (χ1n) is 8.74. The van der Waals surface area contributed by atoms with E-state index in [9.17, 15) is 19.8 Å². The van der Waals surface area contributed by atoms with Crippen LogP contribution in [0.3, 0.4) is 0 Å². The van der Waals surface area contributed by atoms with E-state index < -0.39 is 28.5 Å². The number of ether oxygens (including phenoxy) is 1. The van der Waals surface area contributed by atoms with Gasteiger partial charge in [0.05, 0.1) is 11.4 Å². The third-order valence-electron chi connectivity index (χ3n) is 5.31. The number of pyridine rings is 1. The van der Waals surface area contributed by atoms with Gasteiger partial charge in [-0.15, -0.1) is 0 Å². The smallest absolute Gasteiger partial charge is 0.341 e. The molecule has 2 aliphatic rings. The first-order valence-corrected chi connectivity index (χ1v) is 8.74. The molecule has 4 rings (SSSR count). The second-order valence-corrected chi connectivity index (χ2v) is 7.10. The minimum atomic E-state index is -1.42. The van der Waals surface area contributed by atoms with E-state index >= 15 is 4.39 Å². The van der Waals surface area contributed by atoms with Crippen molar-refractivity contribution in [2.45, 2.75) is 13.0 Å². The predicted molar refractivity (Wildman–Crippen MR) is 96.7 cm³/mol. The van der Waals surface area contributed by atoms with Gasteiger partial charge in [-0.3, -0.25) is 4.79 Å². The van der Waals surface area contributed by atoms with Crippen LogP contribution in [0, 0.1) is 5.82 Å². The highest BCUT2D eigenvalue weighted by molar-refractivity contribution is 6.00. The standard InChI is InChI=1S/C18H20FN3O5/c1-9-8-27-17-13-11(15(23)10(18(25)26)7-22(9)13)16(24)12(19)14(17)21-5-3-20(2)4-6-21/h7,9,24H,3-6,8H2,1-2H3,(H,25,26)/t9-/m0/s1. The maximum Gasteiger partial charge on any atom is 0.341 e. The molecule has 0 unspecified atom stereocenters. The van der Waals surface area contributed by atoms with Crippen LogP contribution in [0.4, 0.5) is 10.1 Å². The van der Waals surface area contributed by atoms with Crippen molar-refractivity contribution in [3.8, 4) is 11.5 Å². The lowest BCUT2D eigenvalue weighted by Crippen LogP contribution is -2.45. The zero-order valence-electron chi connectivity index (χ0n) is 15.0. The Morgan fingerprint density at radius 2 is 1.96 bits per heavy atom. The van der Waals surface area contributed by atoms with E-state index in [1.165, 1.54) is 6.20 Å². The molecule has 1 fully saturated rings. The van der Waals surface area contributed by atoms with Crippen molar-refractivity contribution in [1.29, 1.82) is 0 Å². The zero-order valence-corrected chi connectivity index (χ0v) is 15.0. The average Bonchev–Trinajstić information content (AvgIpc) is 2.63. The van der Waals surface area contributed by atoms with Crippen molar-refractivity contribution in [2.24, 2.45) is 0 Å². The van der Waals surface area contributed by atoms with Gasteiger partial charge in [-0.05, 0) is 14.0 Å². The SMILES string of the molecule is C[C@H]1COc2c(N3CCN(C)CC3)c(F)c(O)c3c(=O)c(C(=O)O)cn1c23. The molecule has 1 atom stereocenters. The molecule has 2 aliphatic heterocycles. The van der Waals surface area contributed by atoms with Crippen LogP contribution in [0.5, 0.6) is 11.5 Å². The molecule has 1 aromatic heterocycles. The van der Waals surface area contributed by atoms with E-state index in [0.29, 0.717) is 13.1 Å². The molecule has 3 heterocycles.